The van der Waals surface area contributed by atoms with E-state index in [9.17, 15) is 0 Å². The standard InChI is InChI=1S/C16H31NO/c1-3-14-5-4-6-16(8-7-14)17-13(2)15-9-11-18-12-10-15/h13-17H,3-12H2,1-2H3. The van der Waals surface area contributed by atoms with E-state index in [1.165, 1.54) is 51.4 Å². The molecule has 3 atom stereocenters. The van der Waals surface area contributed by atoms with Crippen molar-refractivity contribution in [1.29, 1.82) is 0 Å². The van der Waals surface area contributed by atoms with Crippen molar-refractivity contribution in [3.8, 4) is 0 Å². The van der Waals surface area contributed by atoms with Crippen LogP contribution in [-0.2, 0) is 4.74 Å². The van der Waals surface area contributed by atoms with Crippen LogP contribution >= 0.6 is 0 Å². The molecule has 2 heteroatoms. The lowest BCUT2D eigenvalue weighted by Crippen LogP contribution is -2.42. The Kier molecular flexibility index (Phi) is 5.97. The van der Waals surface area contributed by atoms with Crippen LogP contribution in [0.15, 0.2) is 0 Å². The lowest BCUT2D eigenvalue weighted by atomic mass is 9.91. The molecule has 0 aromatic carbocycles. The van der Waals surface area contributed by atoms with Gasteiger partial charge in [-0.2, -0.15) is 0 Å². The molecule has 1 saturated carbocycles. The van der Waals surface area contributed by atoms with E-state index in [-0.39, 0.29) is 0 Å². The van der Waals surface area contributed by atoms with Crippen molar-refractivity contribution in [1.82, 2.24) is 5.32 Å². The van der Waals surface area contributed by atoms with Gasteiger partial charge in [0.15, 0.2) is 0 Å². The van der Waals surface area contributed by atoms with E-state index in [0.29, 0.717) is 6.04 Å². The molecule has 1 aliphatic carbocycles. The van der Waals surface area contributed by atoms with Crippen LogP contribution in [0.5, 0.6) is 0 Å². The van der Waals surface area contributed by atoms with Crippen LogP contribution in [0.4, 0.5) is 0 Å². The van der Waals surface area contributed by atoms with Gasteiger partial charge in [0.05, 0.1) is 0 Å². The molecule has 1 N–H and O–H groups in total. The summed E-state index contributed by atoms with van der Waals surface area (Å²) in [5.74, 6) is 1.83. The largest absolute Gasteiger partial charge is 0.381 e. The molecule has 3 unspecified atom stereocenters. The van der Waals surface area contributed by atoms with Gasteiger partial charge >= 0.3 is 0 Å². The van der Waals surface area contributed by atoms with E-state index in [1.54, 1.807) is 0 Å². The molecule has 2 rings (SSSR count). The van der Waals surface area contributed by atoms with Crippen LogP contribution in [0.25, 0.3) is 0 Å². The molecule has 106 valence electrons. The first-order chi connectivity index (χ1) is 8.79. The Balaban J connectivity index is 1.74. The summed E-state index contributed by atoms with van der Waals surface area (Å²) in [5.41, 5.74) is 0. The maximum absolute atomic E-state index is 5.46. The minimum atomic E-state index is 0.678. The fourth-order valence-corrected chi connectivity index (χ4v) is 3.68. The Hall–Kier alpha value is -0.0800. The molecular weight excluding hydrogens is 222 g/mol. The third kappa shape index (κ3) is 4.24. The Morgan fingerprint density at radius 3 is 2.56 bits per heavy atom. The summed E-state index contributed by atoms with van der Waals surface area (Å²) in [4.78, 5) is 0. The second kappa shape index (κ2) is 7.49. The molecule has 0 bridgehead atoms. The summed E-state index contributed by atoms with van der Waals surface area (Å²) in [5, 5.41) is 3.92. The molecule has 0 spiro atoms. The highest BCUT2D eigenvalue weighted by molar-refractivity contribution is 4.81. The van der Waals surface area contributed by atoms with Gasteiger partial charge in [0, 0.05) is 25.3 Å². The monoisotopic (exact) mass is 253 g/mol. The predicted molar refractivity (Wildman–Crippen MR) is 76.8 cm³/mol. The SMILES string of the molecule is CCC1CCCC(NC(C)C2CCOCC2)CC1. The minimum Gasteiger partial charge on any atom is -0.381 e. The van der Waals surface area contributed by atoms with Gasteiger partial charge in [-0.05, 0) is 50.9 Å². The molecule has 18 heavy (non-hydrogen) atoms. The number of rotatable bonds is 4. The zero-order valence-electron chi connectivity index (χ0n) is 12.3. The zero-order valence-corrected chi connectivity index (χ0v) is 12.3. The maximum Gasteiger partial charge on any atom is 0.0469 e. The molecule has 2 aliphatic rings. The molecule has 0 aromatic rings. The highest BCUT2D eigenvalue weighted by atomic mass is 16.5. The van der Waals surface area contributed by atoms with Crippen molar-refractivity contribution in [3.63, 3.8) is 0 Å². The highest BCUT2D eigenvalue weighted by Gasteiger charge is 2.24. The van der Waals surface area contributed by atoms with E-state index in [4.69, 9.17) is 4.74 Å². The summed E-state index contributed by atoms with van der Waals surface area (Å²) >= 11 is 0. The van der Waals surface area contributed by atoms with Gasteiger partial charge < -0.3 is 10.1 Å². The van der Waals surface area contributed by atoms with E-state index in [0.717, 1.165) is 31.1 Å². The number of hydrogen-bond acceptors (Lipinski definition) is 2. The van der Waals surface area contributed by atoms with Gasteiger partial charge in [-0.3, -0.25) is 0 Å². The zero-order chi connectivity index (χ0) is 12.8. The molecule has 0 amide bonds. The van der Waals surface area contributed by atoms with Gasteiger partial charge in [-0.1, -0.05) is 26.2 Å². The predicted octanol–water partition coefficient (Wildman–Crippen LogP) is 3.75. The van der Waals surface area contributed by atoms with Crippen LogP contribution in [-0.4, -0.2) is 25.3 Å². The third-order valence-electron chi connectivity index (χ3n) is 5.14. The number of hydrogen-bond donors (Lipinski definition) is 1. The fraction of sp³-hybridized carbons (Fsp3) is 1.00. The maximum atomic E-state index is 5.46. The number of ether oxygens (including phenoxy) is 1. The first kappa shape index (κ1) is 14.3. The Bertz CT molecular complexity index is 225. The molecule has 2 nitrogen and oxygen atoms in total. The summed E-state index contributed by atoms with van der Waals surface area (Å²) in [6.45, 7) is 6.68. The smallest absolute Gasteiger partial charge is 0.0469 e. The van der Waals surface area contributed by atoms with Crippen molar-refractivity contribution < 1.29 is 4.74 Å². The van der Waals surface area contributed by atoms with Gasteiger partial charge in [-0.15, -0.1) is 0 Å². The van der Waals surface area contributed by atoms with Crippen molar-refractivity contribution in [2.45, 2.75) is 77.3 Å². The summed E-state index contributed by atoms with van der Waals surface area (Å²) < 4.78 is 5.46. The lowest BCUT2D eigenvalue weighted by Gasteiger charge is -2.31. The molecule has 1 aliphatic heterocycles. The van der Waals surface area contributed by atoms with Crippen LogP contribution in [0.3, 0.4) is 0 Å². The average molecular weight is 253 g/mol. The molecule has 1 heterocycles. The first-order valence-corrected chi connectivity index (χ1v) is 8.13. The third-order valence-corrected chi connectivity index (χ3v) is 5.14. The fourth-order valence-electron chi connectivity index (χ4n) is 3.68. The van der Waals surface area contributed by atoms with E-state index in [1.807, 2.05) is 0 Å². The Morgan fingerprint density at radius 1 is 1.06 bits per heavy atom. The van der Waals surface area contributed by atoms with Crippen molar-refractivity contribution in [2.75, 3.05) is 13.2 Å². The van der Waals surface area contributed by atoms with E-state index >= 15 is 0 Å². The van der Waals surface area contributed by atoms with E-state index in [2.05, 4.69) is 19.2 Å². The van der Waals surface area contributed by atoms with Crippen molar-refractivity contribution in [3.05, 3.63) is 0 Å². The highest BCUT2D eigenvalue weighted by Crippen LogP contribution is 2.27. The molecule has 0 aromatic heterocycles. The topological polar surface area (TPSA) is 21.3 Å². The first-order valence-electron chi connectivity index (χ1n) is 8.13. The van der Waals surface area contributed by atoms with Crippen LogP contribution in [0.1, 0.15) is 65.2 Å². The van der Waals surface area contributed by atoms with Gasteiger partial charge in [0.1, 0.15) is 0 Å². The van der Waals surface area contributed by atoms with Gasteiger partial charge in [-0.25, -0.2) is 0 Å². The van der Waals surface area contributed by atoms with Crippen molar-refractivity contribution in [2.24, 2.45) is 11.8 Å². The Labute approximate surface area is 113 Å². The normalized spacial score (nSPS) is 33.0. The van der Waals surface area contributed by atoms with Gasteiger partial charge in [0.2, 0.25) is 0 Å². The molecule has 1 saturated heterocycles. The Morgan fingerprint density at radius 2 is 1.83 bits per heavy atom. The molecular formula is C16H31NO. The second-order valence-corrected chi connectivity index (χ2v) is 6.38. The second-order valence-electron chi connectivity index (χ2n) is 6.38. The quantitative estimate of drug-likeness (QED) is 0.770. The molecule has 0 radical (unpaired) electrons. The minimum absolute atomic E-state index is 0.678. The van der Waals surface area contributed by atoms with Crippen LogP contribution < -0.4 is 5.32 Å². The average Bonchev–Trinajstić information content (AvgIpc) is 2.65. The summed E-state index contributed by atoms with van der Waals surface area (Å²) in [6.07, 6.45) is 11.0. The molecule has 2 fully saturated rings. The number of nitrogens with one attached hydrogen (secondary N) is 1. The van der Waals surface area contributed by atoms with Crippen LogP contribution in [0, 0.1) is 11.8 Å². The van der Waals surface area contributed by atoms with Gasteiger partial charge in [0.25, 0.3) is 0 Å². The van der Waals surface area contributed by atoms with Crippen molar-refractivity contribution >= 4 is 0 Å². The van der Waals surface area contributed by atoms with E-state index < -0.39 is 0 Å². The van der Waals surface area contributed by atoms with Crippen LogP contribution in [0.2, 0.25) is 0 Å². The summed E-state index contributed by atoms with van der Waals surface area (Å²) in [6, 6.07) is 1.46. The lowest BCUT2D eigenvalue weighted by molar-refractivity contribution is 0.0541. The summed E-state index contributed by atoms with van der Waals surface area (Å²) in [7, 11) is 0.